The number of carbonyl (C=O) groups is 3. The second-order valence-corrected chi connectivity index (χ2v) is 11.5. The molecule has 2 aromatic carbocycles. The maximum Gasteiger partial charge on any atom is 0.245 e. The SMILES string of the molecule is CC(C)(N)C(=O)NC(Cc1c[nH]c2ccccc12)C(=O)N1CCC(C(=O)N2CCOCC2)(c2ccccc2)CC1.Cl. The number of carbonyl (C=O) groups excluding carboxylic acids is 3. The molecule has 0 saturated carbocycles. The van der Waals surface area contributed by atoms with Crippen LogP contribution in [0.4, 0.5) is 0 Å². The number of benzene rings is 2. The van der Waals surface area contributed by atoms with E-state index in [2.05, 4.69) is 10.3 Å². The molecule has 1 unspecified atom stereocenters. The highest BCUT2D eigenvalue weighted by molar-refractivity contribution is 5.93. The topological polar surface area (TPSA) is 121 Å². The highest BCUT2D eigenvalue weighted by Crippen LogP contribution is 2.38. The Hall–Kier alpha value is -3.40. The standard InChI is InChI=1S/C31H39N5O4.ClH/c1-30(2,32)28(38)34-26(20-22-21-33-25-11-7-6-10-24(22)25)27(37)35-14-12-31(13-15-35,23-8-4-3-5-9-23)29(39)36-16-18-40-19-17-36;/h3-11,21,26,33H,12-20,32H2,1-2H3,(H,34,38);1H. The van der Waals surface area contributed by atoms with Crippen LogP contribution in [0.15, 0.2) is 60.8 Å². The van der Waals surface area contributed by atoms with Crippen molar-refractivity contribution < 1.29 is 19.1 Å². The van der Waals surface area contributed by atoms with Crippen LogP contribution in [-0.4, -0.2) is 83.5 Å². The molecule has 2 aliphatic rings. The monoisotopic (exact) mass is 581 g/mol. The van der Waals surface area contributed by atoms with Gasteiger partial charge in [-0.25, -0.2) is 0 Å². The van der Waals surface area contributed by atoms with E-state index in [1.165, 1.54) is 0 Å². The van der Waals surface area contributed by atoms with Crippen LogP contribution in [-0.2, 0) is 31.0 Å². The summed E-state index contributed by atoms with van der Waals surface area (Å²) in [6.07, 6.45) is 3.24. The number of piperidine rings is 1. The Morgan fingerprint density at radius 2 is 1.61 bits per heavy atom. The molecular formula is C31H40ClN5O4. The first-order valence-corrected chi connectivity index (χ1v) is 14.1. The lowest BCUT2D eigenvalue weighted by atomic mass is 9.71. The van der Waals surface area contributed by atoms with Crippen LogP contribution in [0.5, 0.6) is 0 Å². The third-order valence-electron chi connectivity index (χ3n) is 8.25. The fourth-order valence-electron chi connectivity index (χ4n) is 5.85. The first-order chi connectivity index (χ1) is 19.2. The van der Waals surface area contributed by atoms with Gasteiger partial charge in [0.15, 0.2) is 0 Å². The Balaban J connectivity index is 0.00000387. The average molecular weight is 582 g/mol. The molecule has 3 amide bonds. The van der Waals surface area contributed by atoms with E-state index in [1.54, 1.807) is 18.7 Å². The van der Waals surface area contributed by atoms with E-state index in [1.807, 2.05) is 65.7 Å². The summed E-state index contributed by atoms with van der Waals surface area (Å²) in [7, 11) is 0. The number of aromatic nitrogens is 1. The quantitative estimate of drug-likeness (QED) is 0.396. The van der Waals surface area contributed by atoms with Gasteiger partial charge in [0.25, 0.3) is 0 Å². The Morgan fingerprint density at radius 3 is 2.27 bits per heavy atom. The number of para-hydroxylation sites is 1. The van der Waals surface area contributed by atoms with Crippen LogP contribution < -0.4 is 11.1 Å². The van der Waals surface area contributed by atoms with Crippen LogP contribution in [0.1, 0.15) is 37.8 Å². The molecule has 3 heterocycles. The molecule has 9 nitrogen and oxygen atoms in total. The van der Waals surface area contributed by atoms with Crippen molar-refractivity contribution in [2.75, 3.05) is 39.4 Å². The number of likely N-dealkylation sites (tertiary alicyclic amines) is 1. The van der Waals surface area contributed by atoms with Crippen LogP contribution in [0, 0.1) is 0 Å². The molecule has 4 N–H and O–H groups in total. The van der Waals surface area contributed by atoms with Crippen molar-refractivity contribution in [2.45, 2.75) is 50.1 Å². The second kappa shape index (κ2) is 12.6. The number of aromatic amines is 1. The average Bonchev–Trinajstić information content (AvgIpc) is 3.39. The number of nitrogens with zero attached hydrogens (tertiary/aromatic N) is 2. The summed E-state index contributed by atoms with van der Waals surface area (Å²) in [5.41, 5.74) is 7.14. The van der Waals surface area contributed by atoms with E-state index >= 15 is 0 Å². The fourth-order valence-corrected chi connectivity index (χ4v) is 5.85. The largest absolute Gasteiger partial charge is 0.378 e. The van der Waals surface area contributed by atoms with Crippen molar-refractivity contribution in [3.05, 3.63) is 71.9 Å². The number of nitrogens with two attached hydrogens (primary N) is 1. The van der Waals surface area contributed by atoms with Gasteiger partial charge in [-0.05, 0) is 43.9 Å². The molecule has 2 saturated heterocycles. The van der Waals surface area contributed by atoms with Crippen LogP contribution >= 0.6 is 12.4 Å². The van der Waals surface area contributed by atoms with Gasteiger partial charge in [0.05, 0.1) is 24.2 Å². The lowest BCUT2D eigenvalue weighted by Gasteiger charge is -2.45. The minimum absolute atomic E-state index is 0. The van der Waals surface area contributed by atoms with Crippen molar-refractivity contribution in [1.82, 2.24) is 20.1 Å². The van der Waals surface area contributed by atoms with Crippen LogP contribution in [0.2, 0.25) is 0 Å². The van der Waals surface area contributed by atoms with E-state index in [0.29, 0.717) is 58.7 Å². The number of hydrogen-bond donors (Lipinski definition) is 3. The normalized spacial score (nSPS) is 17.9. The first-order valence-electron chi connectivity index (χ1n) is 14.1. The van der Waals surface area contributed by atoms with Gasteiger partial charge in [-0.15, -0.1) is 12.4 Å². The van der Waals surface area contributed by atoms with Crippen LogP contribution in [0.25, 0.3) is 10.9 Å². The summed E-state index contributed by atoms with van der Waals surface area (Å²) >= 11 is 0. The van der Waals surface area contributed by atoms with Crippen molar-refractivity contribution in [1.29, 1.82) is 0 Å². The molecule has 3 aromatic rings. The van der Waals surface area contributed by atoms with Gasteiger partial charge in [-0.2, -0.15) is 0 Å². The Labute approximate surface area is 247 Å². The molecule has 41 heavy (non-hydrogen) atoms. The van der Waals surface area contributed by atoms with Gasteiger partial charge in [-0.1, -0.05) is 48.5 Å². The maximum atomic E-state index is 14.0. The second-order valence-electron chi connectivity index (χ2n) is 11.5. The third kappa shape index (κ3) is 6.42. The highest BCUT2D eigenvalue weighted by Gasteiger charge is 2.46. The number of ether oxygens (including phenoxy) is 1. The highest BCUT2D eigenvalue weighted by atomic mass is 35.5. The summed E-state index contributed by atoms with van der Waals surface area (Å²) in [4.78, 5) is 47.8. The lowest BCUT2D eigenvalue weighted by Crippen LogP contribution is -2.60. The molecule has 5 rings (SSSR count). The van der Waals surface area contributed by atoms with E-state index in [-0.39, 0.29) is 30.1 Å². The van der Waals surface area contributed by atoms with E-state index < -0.39 is 17.0 Å². The minimum Gasteiger partial charge on any atom is -0.378 e. The number of nitrogens with one attached hydrogen (secondary N) is 2. The van der Waals surface area contributed by atoms with Crippen molar-refractivity contribution in [2.24, 2.45) is 5.73 Å². The Morgan fingerprint density at radius 1 is 0.976 bits per heavy atom. The van der Waals surface area contributed by atoms with E-state index in [0.717, 1.165) is 22.0 Å². The summed E-state index contributed by atoms with van der Waals surface area (Å²) < 4.78 is 5.48. The predicted molar refractivity (Wildman–Crippen MR) is 161 cm³/mol. The molecule has 220 valence electrons. The van der Waals surface area contributed by atoms with Crippen molar-refractivity contribution in [3.63, 3.8) is 0 Å². The smallest absolute Gasteiger partial charge is 0.245 e. The number of H-pyrrole nitrogens is 1. The molecule has 0 spiro atoms. The van der Waals surface area contributed by atoms with Gasteiger partial charge in [-0.3, -0.25) is 14.4 Å². The van der Waals surface area contributed by atoms with E-state index in [9.17, 15) is 14.4 Å². The molecule has 10 heteroatoms. The van der Waals surface area contributed by atoms with Gasteiger partial charge in [0.1, 0.15) is 6.04 Å². The zero-order chi connectivity index (χ0) is 28.3. The molecule has 1 aromatic heterocycles. The zero-order valence-electron chi connectivity index (χ0n) is 23.7. The van der Waals surface area contributed by atoms with Gasteiger partial charge in [0.2, 0.25) is 17.7 Å². The number of rotatable bonds is 7. The number of fused-ring (bicyclic) bond motifs is 1. The maximum absolute atomic E-state index is 14.0. The minimum atomic E-state index is -1.13. The molecule has 2 fully saturated rings. The summed E-state index contributed by atoms with van der Waals surface area (Å²) in [5.74, 6) is -0.449. The Kier molecular flexibility index (Phi) is 9.41. The third-order valence-corrected chi connectivity index (χ3v) is 8.25. The van der Waals surface area contributed by atoms with Gasteiger partial charge >= 0.3 is 0 Å². The molecule has 1 atom stereocenters. The number of morpholine rings is 1. The number of halogens is 1. The summed E-state index contributed by atoms with van der Waals surface area (Å²) in [5, 5.41) is 3.94. The molecule has 0 aliphatic carbocycles. The zero-order valence-corrected chi connectivity index (χ0v) is 24.5. The molecule has 0 bridgehead atoms. The van der Waals surface area contributed by atoms with Gasteiger partial charge in [0, 0.05) is 49.7 Å². The summed E-state index contributed by atoms with van der Waals surface area (Å²) in [6.45, 7) is 6.30. The molecule has 0 radical (unpaired) electrons. The summed E-state index contributed by atoms with van der Waals surface area (Å²) in [6, 6.07) is 17.0. The van der Waals surface area contributed by atoms with E-state index in [4.69, 9.17) is 10.5 Å². The van der Waals surface area contributed by atoms with Crippen LogP contribution in [0.3, 0.4) is 0 Å². The lowest BCUT2D eigenvalue weighted by molar-refractivity contribution is -0.147. The fraction of sp³-hybridized carbons (Fsp3) is 0.452. The Bertz CT molecular complexity index is 1360. The number of amides is 3. The molecular weight excluding hydrogens is 542 g/mol. The number of hydrogen-bond acceptors (Lipinski definition) is 5. The van der Waals surface area contributed by atoms with Crippen molar-refractivity contribution in [3.8, 4) is 0 Å². The first kappa shape index (κ1) is 30.6. The molecule has 2 aliphatic heterocycles. The van der Waals surface area contributed by atoms with Gasteiger partial charge < -0.3 is 30.6 Å². The predicted octanol–water partition coefficient (Wildman–Crippen LogP) is 2.77. The van der Waals surface area contributed by atoms with Crippen molar-refractivity contribution >= 4 is 41.0 Å².